The molecule has 1 aromatic heterocycles. The Hall–Kier alpha value is -0.860. The zero-order chi connectivity index (χ0) is 9.42. The summed E-state index contributed by atoms with van der Waals surface area (Å²) in [4.78, 5) is 11.9. The van der Waals surface area contributed by atoms with E-state index in [0.29, 0.717) is 0 Å². The van der Waals surface area contributed by atoms with Crippen molar-refractivity contribution < 1.29 is 4.79 Å². The first-order chi connectivity index (χ1) is 6.18. The maximum absolute atomic E-state index is 11.1. The third-order valence-corrected chi connectivity index (χ3v) is 3.56. The van der Waals surface area contributed by atoms with Gasteiger partial charge in [0.05, 0.1) is 14.6 Å². The van der Waals surface area contributed by atoms with Gasteiger partial charge in [-0.25, -0.2) is 0 Å². The van der Waals surface area contributed by atoms with Crippen LogP contribution in [0.3, 0.4) is 0 Å². The molecule has 1 heterocycles. The van der Waals surface area contributed by atoms with Gasteiger partial charge >= 0.3 is 0 Å². The van der Waals surface area contributed by atoms with Gasteiger partial charge in [-0.1, -0.05) is 23.7 Å². The number of benzene rings is 1. The summed E-state index contributed by atoms with van der Waals surface area (Å²) >= 11 is 7.42. The average molecular weight is 211 g/mol. The topological polar surface area (TPSA) is 17.1 Å². The fraction of sp³-hybridized carbons (Fsp3) is 0.100. The van der Waals surface area contributed by atoms with Crippen LogP contribution in [0, 0.1) is 0 Å². The van der Waals surface area contributed by atoms with Crippen molar-refractivity contribution in [3.05, 3.63) is 34.2 Å². The van der Waals surface area contributed by atoms with Crippen molar-refractivity contribution in [3.8, 4) is 0 Å². The molecule has 0 unspecified atom stereocenters. The van der Waals surface area contributed by atoms with Gasteiger partial charge in [0.1, 0.15) is 0 Å². The standard InChI is InChI=1S/C10H7ClOS/c1-6(12)9-5-7-3-2-4-8(11)10(7)13-9/h2-5H,1H3. The lowest BCUT2D eigenvalue weighted by Gasteiger charge is -1.89. The first-order valence-corrected chi connectivity index (χ1v) is 5.07. The van der Waals surface area contributed by atoms with Crippen LogP contribution in [0.1, 0.15) is 16.6 Å². The minimum Gasteiger partial charge on any atom is -0.294 e. The minimum absolute atomic E-state index is 0.0947. The normalized spacial score (nSPS) is 10.6. The lowest BCUT2D eigenvalue weighted by molar-refractivity contribution is 0.102. The molecule has 1 nitrogen and oxygen atoms in total. The highest BCUT2D eigenvalue weighted by molar-refractivity contribution is 7.21. The van der Waals surface area contributed by atoms with Gasteiger partial charge in [0.2, 0.25) is 0 Å². The Bertz CT molecular complexity index is 473. The smallest absolute Gasteiger partial charge is 0.169 e. The summed E-state index contributed by atoms with van der Waals surface area (Å²) in [5, 5.41) is 1.76. The van der Waals surface area contributed by atoms with Crippen molar-refractivity contribution in [2.75, 3.05) is 0 Å². The van der Waals surface area contributed by atoms with Crippen LogP contribution in [0.15, 0.2) is 24.3 Å². The van der Waals surface area contributed by atoms with Crippen molar-refractivity contribution in [2.45, 2.75) is 6.92 Å². The number of hydrogen-bond donors (Lipinski definition) is 0. The van der Waals surface area contributed by atoms with Gasteiger partial charge in [-0.15, -0.1) is 11.3 Å². The molecule has 0 bridgehead atoms. The quantitative estimate of drug-likeness (QED) is 0.655. The number of rotatable bonds is 1. The SMILES string of the molecule is CC(=O)c1cc2cccc(Cl)c2s1. The number of thiophene rings is 1. The predicted molar refractivity (Wildman–Crippen MR) is 56.8 cm³/mol. The van der Waals surface area contributed by atoms with E-state index in [1.807, 2.05) is 24.3 Å². The molecular formula is C10H7ClOS. The Morgan fingerprint density at radius 3 is 2.85 bits per heavy atom. The summed E-state index contributed by atoms with van der Waals surface area (Å²) in [7, 11) is 0. The largest absolute Gasteiger partial charge is 0.294 e. The van der Waals surface area contributed by atoms with E-state index in [4.69, 9.17) is 11.6 Å². The summed E-state index contributed by atoms with van der Waals surface area (Å²) in [6, 6.07) is 7.57. The van der Waals surface area contributed by atoms with Gasteiger partial charge in [0, 0.05) is 0 Å². The van der Waals surface area contributed by atoms with Gasteiger partial charge in [-0.3, -0.25) is 4.79 Å². The highest BCUT2D eigenvalue weighted by Crippen LogP contribution is 2.31. The summed E-state index contributed by atoms with van der Waals surface area (Å²) in [6.45, 7) is 1.57. The fourth-order valence-electron chi connectivity index (χ4n) is 1.20. The molecule has 2 rings (SSSR count). The third kappa shape index (κ3) is 1.47. The minimum atomic E-state index is 0.0947. The number of Topliss-reactive ketones (excluding diaryl/α,β-unsaturated/α-hetero) is 1. The highest BCUT2D eigenvalue weighted by Gasteiger charge is 2.07. The summed E-state index contributed by atoms with van der Waals surface area (Å²) in [5.74, 6) is 0.0947. The monoisotopic (exact) mass is 210 g/mol. The van der Waals surface area contributed by atoms with Crippen molar-refractivity contribution in [2.24, 2.45) is 0 Å². The van der Waals surface area contributed by atoms with Crippen LogP contribution in [0.25, 0.3) is 10.1 Å². The molecule has 0 radical (unpaired) electrons. The second-order valence-corrected chi connectivity index (χ2v) is 4.28. The molecule has 0 amide bonds. The predicted octanol–water partition coefficient (Wildman–Crippen LogP) is 3.76. The molecule has 0 N–H and O–H groups in total. The number of fused-ring (bicyclic) bond motifs is 1. The second kappa shape index (κ2) is 3.13. The maximum Gasteiger partial charge on any atom is 0.169 e. The first-order valence-electron chi connectivity index (χ1n) is 3.87. The molecule has 2 aromatic rings. The molecular weight excluding hydrogens is 204 g/mol. The van der Waals surface area contributed by atoms with E-state index >= 15 is 0 Å². The Kier molecular flexibility index (Phi) is 2.10. The van der Waals surface area contributed by atoms with Crippen LogP contribution < -0.4 is 0 Å². The van der Waals surface area contributed by atoms with Gasteiger partial charge in [-0.2, -0.15) is 0 Å². The number of carbonyl (C=O) groups is 1. The molecule has 13 heavy (non-hydrogen) atoms. The molecule has 0 spiro atoms. The molecule has 1 aromatic carbocycles. The van der Waals surface area contributed by atoms with E-state index < -0.39 is 0 Å². The van der Waals surface area contributed by atoms with Crippen LogP contribution in [-0.2, 0) is 0 Å². The summed E-state index contributed by atoms with van der Waals surface area (Å²) in [5.41, 5.74) is 0. The van der Waals surface area contributed by atoms with E-state index in [1.54, 1.807) is 6.92 Å². The zero-order valence-electron chi connectivity index (χ0n) is 7.00. The second-order valence-electron chi connectivity index (χ2n) is 2.83. The van der Waals surface area contributed by atoms with Crippen molar-refractivity contribution in [1.29, 1.82) is 0 Å². The molecule has 0 aliphatic rings. The van der Waals surface area contributed by atoms with Gasteiger partial charge in [-0.05, 0) is 24.4 Å². The zero-order valence-corrected chi connectivity index (χ0v) is 8.58. The molecule has 0 atom stereocenters. The maximum atomic E-state index is 11.1. The Morgan fingerprint density at radius 1 is 1.46 bits per heavy atom. The van der Waals surface area contributed by atoms with E-state index in [2.05, 4.69) is 0 Å². The van der Waals surface area contributed by atoms with Crippen molar-refractivity contribution in [1.82, 2.24) is 0 Å². The number of halogens is 1. The van der Waals surface area contributed by atoms with E-state index in [-0.39, 0.29) is 5.78 Å². The average Bonchev–Trinajstić information content (AvgIpc) is 2.49. The van der Waals surface area contributed by atoms with Crippen LogP contribution in [-0.4, -0.2) is 5.78 Å². The van der Waals surface area contributed by atoms with E-state index in [0.717, 1.165) is 20.0 Å². The van der Waals surface area contributed by atoms with E-state index in [9.17, 15) is 4.79 Å². The summed E-state index contributed by atoms with van der Waals surface area (Å²) in [6.07, 6.45) is 0. The molecule has 3 heteroatoms. The lowest BCUT2D eigenvalue weighted by atomic mass is 10.2. The first kappa shape index (κ1) is 8.73. The van der Waals surface area contributed by atoms with Crippen molar-refractivity contribution >= 4 is 38.8 Å². The van der Waals surface area contributed by atoms with Gasteiger partial charge in [0.25, 0.3) is 0 Å². The molecule has 66 valence electrons. The molecule has 0 saturated heterocycles. The Balaban J connectivity index is 2.75. The molecule has 0 aliphatic carbocycles. The fourth-order valence-corrected chi connectivity index (χ4v) is 2.46. The summed E-state index contributed by atoms with van der Waals surface area (Å²) < 4.78 is 0.995. The third-order valence-electron chi connectivity index (χ3n) is 1.84. The molecule has 0 saturated carbocycles. The number of carbonyl (C=O) groups excluding carboxylic acids is 1. The highest BCUT2D eigenvalue weighted by atomic mass is 35.5. The van der Waals surface area contributed by atoms with Crippen LogP contribution in [0.2, 0.25) is 5.02 Å². The van der Waals surface area contributed by atoms with Crippen molar-refractivity contribution in [3.63, 3.8) is 0 Å². The van der Waals surface area contributed by atoms with E-state index in [1.165, 1.54) is 11.3 Å². The van der Waals surface area contributed by atoms with Gasteiger partial charge < -0.3 is 0 Å². The lowest BCUT2D eigenvalue weighted by Crippen LogP contribution is -1.83. The molecule has 0 fully saturated rings. The Labute approximate surface area is 84.9 Å². The van der Waals surface area contributed by atoms with Gasteiger partial charge in [0.15, 0.2) is 5.78 Å². The van der Waals surface area contributed by atoms with Crippen LogP contribution >= 0.6 is 22.9 Å². The molecule has 0 aliphatic heterocycles. The van der Waals surface area contributed by atoms with Crippen LogP contribution in [0.4, 0.5) is 0 Å². The Morgan fingerprint density at radius 2 is 2.23 bits per heavy atom. The number of ketones is 1. The number of hydrogen-bond acceptors (Lipinski definition) is 2. The van der Waals surface area contributed by atoms with Crippen LogP contribution in [0.5, 0.6) is 0 Å².